The molecular weight excluding hydrogens is 1290 g/mol. The molecule has 0 saturated carbocycles. The predicted molar refractivity (Wildman–Crippen MR) is 332 cm³/mol. The van der Waals surface area contributed by atoms with Crippen molar-refractivity contribution in [2.45, 2.75) is 66.7 Å². The van der Waals surface area contributed by atoms with Crippen LogP contribution in [0.1, 0.15) is 55.4 Å². The number of carbonyl (C=O) groups excluding carboxylic acids is 6. The van der Waals surface area contributed by atoms with Crippen LogP contribution in [0.3, 0.4) is 0 Å². The lowest BCUT2D eigenvalue weighted by Gasteiger charge is -2.21. The molecule has 0 aliphatic carbocycles. The van der Waals surface area contributed by atoms with Crippen LogP contribution in [0.2, 0.25) is 0 Å². The summed E-state index contributed by atoms with van der Waals surface area (Å²) in [4.78, 5) is 68.5. The van der Waals surface area contributed by atoms with Gasteiger partial charge in [-0.3, -0.25) is 24.0 Å². The quantitative estimate of drug-likeness (QED) is 0.0258. The number of nitrogens with one attached hydrogen (secondary N) is 4. The number of rotatable bonds is 36. The molecule has 0 aromatic heterocycles. The van der Waals surface area contributed by atoms with Crippen molar-refractivity contribution < 1.29 is 92.6 Å². The van der Waals surface area contributed by atoms with Crippen molar-refractivity contribution in [2.24, 2.45) is 0 Å². The maximum Gasteiger partial charge on any atom is 0.416 e. The second-order valence-corrected chi connectivity index (χ2v) is 42.4. The molecule has 0 bridgehead atoms. The van der Waals surface area contributed by atoms with E-state index in [9.17, 15) is 37.9 Å². The number of carbonyl (C=O) groups is 6. The Hall–Kier alpha value is 0.890. The zero-order chi connectivity index (χ0) is 60.7. The number of hydrogen-bond donors (Lipinski definition) is 4. The molecule has 0 saturated heterocycles. The van der Waals surface area contributed by atoms with Gasteiger partial charge in [0.25, 0.3) is 0 Å². The lowest BCUT2D eigenvalue weighted by Crippen LogP contribution is -2.34. The van der Waals surface area contributed by atoms with E-state index >= 15 is 0 Å². The zero-order valence-electron chi connectivity index (χ0n) is 47.2. The number of hydrogen-bond acceptors (Lipinski definition) is 29. The van der Waals surface area contributed by atoms with Crippen LogP contribution in [0, 0.1) is 0 Å². The Balaban J connectivity index is -0.000000283. The first-order valence-electron chi connectivity index (χ1n) is 22.6. The predicted octanol–water partition coefficient (Wildman–Crippen LogP) is 8.99. The van der Waals surface area contributed by atoms with Gasteiger partial charge in [-0.1, -0.05) is 34.1 Å². The number of nitrogens with zero attached hydrogens (tertiary/aromatic N) is 1. The van der Waals surface area contributed by atoms with E-state index in [4.69, 9.17) is 76.3 Å². The average Bonchev–Trinajstić information content (AvgIpc) is 3.41. The van der Waals surface area contributed by atoms with E-state index in [2.05, 4.69) is 35.1 Å². The molecule has 460 valence electrons. The monoisotopic (exact) mass is 1370 g/mol. The summed E-state index contributed by atoms with van der Waals surface area (Å²) in [6.45, 7) is 10.9. The van der Waals surface area contributed by atoms with Gasteiger partial charge in [0.15, 0.2) is 0 Å². The first-order valence-corrected chi connectivity index (χ1v) is 42.6. The fraction of sp³-hybridized carbons (Fsp3) is 0.842. The summed E-state index contributed by atoms with van der Waals surface area (Å²) >= 11 is 22.7. The minimum atomic E-state index is -3.09. The van der Waals surface area contributed by atoms with Gasteiger partial charge in [0.2, 0.25) is 46.6 Å². The number of ether oxygens (including phenoxy) is 2. The van der Waals surface area contributed by atoms with Crippen LogP contribution < -0.4 is 21.3 Å². The van der Waals surface area contributed by atoms with Crippen molar-refractivity contribution in [1.29, 1.82) is 0 Å². The van der Waals surface area contributed by atoms with Crippen molar-refractivity contribution in [3.8, 4) is 0 Å². The summed E-state index contributed by atoms with van der Waals surface area (Å²) in [6.07, 6.45) is -0.672. The Morgan fingerprint density at radius 3 is 1.32 bits per heavy atom. The molecule has 0 aliphatic rings. The summed E-state index contributed by atoms with van der Waals surface area (Å²) < 4.78 is 82.7. The molecule has 0 fully saturated rings. The van der Waals surface area contributed by atoms with E-state index in [-0.39, 0.29) is 71.3 Å². The van der Waals surface area contributed by atoms with Crippen LogP contribution in [0.5, 0.6) is 0 Å². The Kier molecular flexibility index (Phi) is 59.0. The second kappa shape index (κ2) is 52.4. The summed E-state index contributed by atoms with van der Waals surface area (Å²) in [7, 11) is 14.2. The highest BCUT2D eigenvalue weighted by molar-refractivity contribution is 8.69. The SMILES string of the molecule is CCOC(=O)N(C)C(=O)CSP(=S)(OCC)OCC.CCOP(=S)(OCC)SCC(=O)NC(C)C.CNC(=O)C(C)SCCSP(=O)(OC)OC.CNC(=O)CSP(=O)(OC)OC.COCNC(=O)CSP(=S)(OC)OC. The second-order valence-electron chi connectivity index (χ2n) is 13.1. The van der Waals surface area contributed by atoms with E-state index in [1.165, 1.54) is 98.4 Å². The summed E-state index contributed by atoms with van der Waals surface area (Å²) in [6, 6.07) is 0.144. The van der Waals surface area contributed by atoms with Crippen LogP contribution in [-0.2, 0) is 123 Å². The van der Waals surface area contributed by atoms with E-state index < -0.39 is 42.7 Å². The molecule has 39 heteroatoms. The van der Waals surface area contributed by atoms with Crippen molar-refractivity contribution in [3.05, 3.63) is 0 Å². The smallest absolute Gasteiger partial charge is 0.416 e. The molecule has 0 spiro atoms. The van der Waals surface area contributed by atoms with Crippen molar-refractivity contribution in [3.63, 3.8) is 0 Å². The van der Waals surface area contributed by atoms with Crippen LogP contribution in [0.15, 0.2) is 0 Å². The third kappa shape index (κ3) is 48.9. The fourth-order valence-corrected chi connectivity index (χ4v) is 21.0. The number of thioether (sulfide) groups is 1. The lowest BCUT2D eigenvalue weighted by molar-refractivity contribution is -0.125. The highest BCUT2D eigenvalue weighted by Gasteiger charge is 2.26. The van der Waals surface area contributed by atoms with Gasteiger partial charge in [-0.25, -0.2) is 18.8 Å². The van der Waals surface area contributed by atoms with Gasteiger partial charge in [0.1, 0.15) is 6.73 Å². The topological polar surface area (TPSA) is 299 Å². The standard InChI is InChI=1S/C10H20NO5PS2.C9H20NO3PS2.C8H18NO4PS2.C6H14NO4PS2.C5H12NO4PS/c1-5-14-10(13)11(4)9(12)8-19-17(18,15-6-2)16-7-3;1-5-12-14(15,13-6-2)16-7-9(11)10-8(3)4;1-7(8(10)9-2)15-5-6-16-14(11,12-3)13-4;1-9-5-7-6(8)4-14-12(13,10-2)11-3;1-6-5(7)4-12-11(8,9-2)10-3/h5-8H2,1-4H3;8H,5-7H2,1-4H3,(H,10,11);7H,5-6H2,1-4H3,(H,9,10);4-5H2,1-3H3,(H,7,8);4H2,1-3H3,(H,6,7). The maximum absolute atomic E-state index is 11.8. The van der Waals surface area contributed by atoms with E-state index in [1.54, 1.807) is 14.0 Å². The van der Waals surface area contributed by atoms with Gasteiger partial charge in [-0.15, -0.1) is 11.8 Å². The van der Waals surface area contributed by atoms with Crippen molar-refractivity contribution >= 4 is 170 Å². The molecule has 77 heavy (non-hydrogen) atoms. The normalized spacial score (nSPS) is 11.8. The molecule has 1 unspecified atom stereocenters. The molecule has 0 heterocycles. The number of methoxy groups -OCH3 is 1. The lowest BCUT2D eigenvalue weighted by atomic mass is 10.4. The number of imide groups is 1. The van der Waals surface area contributed by atoms with Gasteiger partial charge >= 0.3 is 19.7 Å². The summed E-state index contributed by atoms with van der Waals surface area (Å²) in [5.41, 5.74) is -7.15. The van der Waals surface area contributed by atoms with Crippen molar-refractivity contribution in [1.82, 2.24) is 26.2 Å². The van der Waals surface area contributed by atoms with Crippen LogP contribution >= 0.6 is 99.3 Å². The van der Waals surface area contributed by atoms with Gasteiger partial charge in [-0.05, 0) is 114 Å². The molecule has 0 aromatic carbocycles. The van der Waals surface area contributed by atoms with Crippen LogP contribution in [-0.4, -0.2) is 197 Å². The molecule has 0 aromatic rings. The Bertz CT molecular complexity index is 1850. The third-order valence-corrected chi connectivity index (χ3v) is 33.0. The minimum Gasteiger partial charge on any atom is -0.449 e. The molecule has 6 amide bonds. The summed E-state index contributed by atoms with van der Waals surface area (Å²) in [5.74, 6) is 1.12. The molecule has 4 N–H and O–H groups in total. The molecule has 25 nitrogen and oxygen atoms in total. The number of amides is 6. The zero-order valence-corrected chi connectivity index (χ0v) is 59.0. The van der Waals surface area contributed by atoms with Gasteiger partial charge in [0, 0.05) is 88.5 Å². The van der Waals surface area contributed by atoms with Crippen molar-refractivity contribution in [2.75, 3.05) is 145 Å². The highest BCUT2D eigenvalue weighted by atomic mass is 32.9. The molecule has 0 aliphatic heterocycles. The minimum absolute atomic E-state index is 0.00309. The molecule has 1 atom stereocenters. The van der Waals surface area contributed by atoms with Gasteiger partial charge < -0.3 is 76.0 Å². The van der Waals surface area contributed by atoms with Gasteiger partial charge in [-0.2, -0.15) is 0 Å². The van der Waals surface area contributed by atoms with E-state index in [1.807, 2.05) is 48.5 Å². The van der Waals surface area contributed by atoms with E-state index in [0.29, 0.717) is 32.2 Å². The van der Waals surface area contributed by atoms with Gasteiger partial charge in [0.05, 0.1) is 61.3 Å². The van der Waals surface area contributed by atoms with E-state index in [0.717, 1.165) is 44.8 Å². The largest absolute Gasteiger partial charge is 0.449 e. The fourth-order valence-electron chi connectivity index (χ4n) is 3.65. The van der Waals surface area contributed by atoms with Crippen LogP contribution in [0.25, 0.3) is 0 Å². The third-order valence-electron chi connectivity index (χ3n) is 7.27. The van der Waals surface area contributed by atoms with Crippen LogP contribution in [0.4, 0.5) is 4.79 Å². The molecule has 0 rings (SSSR count). The highest BCUT2D eigenvalue weighted by Crippen LogP contribution is 2.62. The maximum atomic E-state index is 11.8. The molecular formula is C38H84N5O20P5S9. The Labute approximate surface area is 497 Å². The first kappa shape index (κ1) is 86.7. The average molecular weight is 1370 g/mol. The Morgan fingerprint density at radius 2 is 0.948 bits per heavy atom. The summed E-state index contributed by atoms with van der Waals surface area (Å²) in [5, 5.41) is 10.2. The first-order chi connectivity index (χ1) is 36.0. The molecule has 0 radical (unpaired) electrons. The Morgan fingerprint density at radius 1 is 0.532 bits per heavy atom.